The van der Waals surface area contributed by atoms with E-state index in [4.69, 9.17) is 9.47 Å². The average molecular weight is 277 g/mol. The Balaban J connectivity index is 1.92. The van der Waals surface area contributed by atoms with Crippen LogP contribution in [0.15, 0.2) is 18.2 Å². The number of nitrogens with one attached hydrogen (secondary N) is 1. The summed E-state index contributed by atoms with van der Waals surface area (Å²) < 4.78 is 10.6. The quantitative estimate of drug-likeness (QED) is 0.863. The molecular weight excluding hydrogens is 250 g/mol. The third-order valence-corrected chi connectivity index (χ3v) is 5.41. The summed E-state index contributed by atoms with van der Waals surface area (Å²) in [4.78, 5) is 0. The minimum atomic E-state index is 0.437. The first-order chi connectivity index (χ1) is 9.32. The Bertz CT molecular complexity index is 444. The molecule has 3 nitrogen and oxygen atoms in total. The monoisotopic (exact) mass is 277 g/mol. The summed E-state index contributed by atoms with van der Waals surface area (Å²) in [7, 11) is 3.36. The van der Waals surface area contributed by atoms with Crippen LogP contribution in [0.1, 0.15) is 33.3 Å². The Labute approximate surface area is 122 Å². The summed E-state index contributed by atoms with van der Waals surface area (Å²) in [6, 6.07) is 6.01. The lowest BCUT2D eigenvalue weighted by Gasteiger charge is -2.10. The Morgan fingerprint density at radius 1 is 0.950 bits per heavy atom. The van der Waals surface area contributed by atoms with Gasteiger partial charge in [-0.15, -0.1) is 0 Å². The van der Waals surface area contributed by atoms with Crippen molar-refractivity contribution in [3.8, 4) is 11.5 Å². The van der Waals surface area contributed by atoms with Crippen LogP contribution in [0.2, 0.25) is 0 Å². The number of ether oxygens (including phenoxy) is 2. The van der Waals surface area contributed by atoms with Crippen LogP contribution in [0.25, 0.3) is 0 Å². The molecule has 0 heterocycles. The van der Waals surface area contributed by atoms with Gasteiger partial charge < -0.3 is 14.8 Å². The van der Waals surface area contributed by atoms with Crippen LogP contribution in [0, 0.1) is 16.7 Å². The molecule has 0 atom stereocenters. The first-order valence-corrected chi connectivity index (χ1v) is 7.25. The minimum absolute atomic E-state index is 0.437. The zero-order chi connectivity index (χ0) is 15.0. The second-order valence-electron chi connectivity index (χ2n) is 6.85. The van der Waals surface area contributed by atoms with Crippen molar-refractivity contribution in [2.45, 2.75) is 34.2 Å². The van der Waals surface area contributed by atoms with E-state index in [9.17, 15) is 0 Å². The Morgan fingerprint density at radius 2 is 1.45 bits per heavy atom. The highest BCUT2D eigenvalue weighted by Crippen LogP contribution is 2.67. The Morgan fingerprint density at radius 3 is 1.85 bits per heavy atom. The Hall–Kier alpha value is -1.22. The number of hydrogen-bond acceptors (Lipinski definition) is 3. The molecule has 3 heteroatoms. The zero-order valence-electron chi connectivity index (χ0n) is 13.5. The van der Waals surface area contributed by atoms with Crippen molar-refractivity contribution < 1.29 is 9.47 Å². The molecule has 1 aliphatic rings. The molecule has 0 radical (unpaired) electrons. The standard InChI is InChI=1S/C17H27NO2/c1-16(2)15(17(16,3)4)11-18-10-12-7-13(19-5)9-14(8-12)20-6/h7-9,15,18H,10-11H2,1-6H3. The molecule has 0 aromatic heterocycles. The van der Waals surface area contributed by atoms with Gasteiger partial charge in [-0.1, -0.05) is 27.7 Å². The molecule has 20 heavy (non-hydrogen) atoms. The maximum atomic E-state index is 5.30. The zero-order valence-corrected chi connectivity index (χ0v) is 13.5. The molecule has 0 amide bonds. The third kappa shape index (κ3) is 2.64. The van der Waals surface area contributed by atoms with Crippen molar-refractivity contribution >= 4 is 0 Å². The fourth-order valence-electron chi connectivity index (χ4n) is 3.17. The van der Waals surface area contributed by atoms with E-state index in [0.717, 1.165) is 30.5 Å². The van der Waals surface area contributed by atoms with E-state index in [0.29, 0.717) is 10.8 Å². The largest absolute Gasteiger partial charge is 0.497 e. The molecule has 1 saturated carbocycles. The highest BCUT2D eigenvalue weighted by Gasteiger charge is 2.63. The van der Waals surface area contributed by atoms with Gasteiger partial charge in [0.25, 0.3) is 0 Å². The van der Waals surface area contributed by atoms with Crippen LogP contribution in [-0.4, -0.2) is 20.8 Å². The summed E-state index contributed by atoms with van der Waals surface area (Å²) in [6.07, 6.45) is 0. The predicted molar refractivity (Wildman–Crippen MR) is 82.3 cm³/mol. The molecule has 0 bridgehead atoms. The molecule has 1 aliphatic carbocycles. The van der Waals surface area contributed by atoms with E-state index < -0.39 is 0 Å². The van der Waals surface area contributed by atoms with Crippen LogP contribution in [-0.2, 0) is 6.54 Å². The van der Waals surface area contributed by atoms with Crippen molar-refractivity contribution in [2.24, 2.45) is 16.7 Å². The van der Waals surface area contributed by atoms with Crippen molar-refractivity contribution in [1.82, 2.24) is 5.32 Å². The maximum Gasteiger partial charge on any atom is 0.122 e. The lowest BCUT2D eigenvalue weighted by molar-refractivity contribution is 0.393. The van der Waals surface area contributed by atoms with Gasteiger partial charge in [0, 0.05) is 12.6 Å². The van der Waals surface area contributed by atoms with Crippen molar-refractivity contribution in [2.75, 3.05) is 20.8 Å². The van der Waals surface area contributed by atoms with Gasteiger partial charge in [-0.25, -0.2) is 0 Å². The van der Waals surface area contributed by atoms with Crippen LogP contribution in [0.5, 0.6) is 11.5 Å². The van der Waals surface area contributed by atoms with Gasteiger partial charge in [-0.2, -0.15) is 0 Å². The van der Waals surface area contributed by atoms with Gasteiger partial charge in [-0.3, -0.25) is 0 Å². The highest BCUT2D eigenvalue weighted by molar-refractivity contribution is 5.38. The summed E-state index contributed by atoms with van der Waals surface area (Å²) in [5.74, 6) is 2.42. The number of hydrogen-bond donors (Lipinski definition) is 1. The average Bonchev–Trinajstić information content (AvgIpc) is 2.80. The van der Waals surface area contributed by atoms with Gasteiger partial charge in [0.05, 0.1) is 14.2 Å². The van der Waals surface area contributed by atoms with Crippen LogP contribution >= 0.6 is 0 Å². The third-order valence-electron chi connectivity index (χ3n) is 5.41. The predicted octanol–water partition coefficient (Wildman–Crippen LogP) is 3.48. The fraction of sp³-hybridized carbons (Fsp3) is 0.647. The minimum Gasteiger partial charge on any atom is -0.497 e. The summed E-state index contributed by atoms with van der Waals surface area (Å²) in [6.45, 7) is 11.3. The molecule has 1 fully saturated rings. The number of rotatable bonds is 6. The lowest BCUT2D eigenvalue weighted by Crippen LogP contribution is -2.18. The summed E-state index contributed by atoms with van der Waals surface area (Å²) in [5.41, 5.74) is 2.07. The highest BCUT2D eigenvalue weighted by atomic mass is 16.5. The molecule has 1 aromatic carbocycles. The molecule has 0 aliphatic heterocycles. The van der Waals surface area contributed by atoms with E-state index in [2.05, 4.69) is 45.1 Å². The van der Waals surface area contributed by atoms with E-state index in [1.807, 2.05) is 6.07 Å². The van der Waals surface area contributed by atoms with Crippen molar-refractivity contribution in [3.05, 3.63) is 23.8 Å². The van der Waals surface area contributed by atoms with E-state index in [1.165, 1.54) is 5.56 Å². The molecule has 112 valence electrons. The van der Waals surface area contributed by atoms with E-state index >= 15 is 0 Å². The van der Waals surface area contributed by atoms with Gasteiger partial charge in [0.1, 0.15) is 11.5 Å². The number of methoxy groups -OCH3 is 2. The van der Waals surface area contributed by atoms with Crippen LogP contribution in [0.3, 0.4) is 0 Å². The molecule has 1 N–H and O–H groups in total. The smallest absolute Gasteiger partial charge is 0.122 e. The Kier molecular flexibility index (Phi) is 4.01. The molecule has 1 aromatic rings. The van der Waals surface area contributed by atoms with E-state index in [1.54, 1.807) is 14.2 Å². The molecule has 0 saturated heterocycles. The first kappa shape index (κ1) is 15.2. The van der Waals surface area contributed by atoms with Gasteiger partial charge >= 0.3 is 0 Å². The van der Waals surface area contributed by atoms with Crippen molar-refractivity contribution in [3.63, 3.8) is 0 Å². The van der Waals surface area contributed by atoms with Gasteiger partial charge in [0.15, 0.2) is 0 Å². The normalized spacial score (nSPS) is 19.7. The first-order valence-electron chi connectivity index (χ1n) is 7.25. The van der Waals surface area contributed by atoms with Crippen molar-refractivity contribution in [1.29, 1.82) is 0 Å². The number of benzene rings is 1. The molecule has 2 rings (SSSR count). The van der Waals surface area contributed by atoms with Crippen LogP contribution < -0.4 is 14.8 Å². The lowest BCUT2D eigenvalue weighted by atomic mass is 10.0. The van der Waals surface area contributed by atoms with Gasteiger partial charge in [-0.05, 0) is 41.0 Å². The van der Waals surface area contributed by atoms with Gasteiger partial charge in [0.2, 0.25) is 0 Å². The summed E-state index contributed by atoms with van der Waals surface area (Å²) in [5, 5.41) is 3.57. The SMILES string of the molecule is COc1cc(CNCC2C(C)(C)C2(C)C)cc(OC)c1. The van der Waals surface area contributed by atoms with Crippen LogP contribution in [0.4, 0.5) is 0 Å². The second-order valence-corrected chi connectivity index (χ2v) is 6.85. The molecular formula is C17H27NO2. The maximum absolute atomic E-state index is 5.30. The molecule has 0 spiro atoms. The molecule has 0 unspecified atom stereocenters. The summed E-state index contributed by atoms with van der Waals surface area (Å²) >= 11 is 0. The topological polar surface area (TPSA) is 30.5 Å². The van der Waals surface area contributed by atoms with E-state index in [-0.39, 0.29) is 0 Å². The fourth-order valence-corrected chi connectivity index (χ4v) is 3.17. The second kappa shape index (κ2) is 5.28.